The molecule has 0 saturated heterocycles. The van der Waals surface area contributed by atoms with Gasteiger partial charge in [0.25, 0.3) is 0 Å². The van der Waals surface area contributed by atoms with Crippen LogP contribution in [0, 0.1) is 0 Å². The van der Waals surface area contributed by atoms with Gasteiger partial charge >= 0.3 is 6.18 Å². The monoisotopic (exact) mass is 354 g/mol. The van der Waals surface area contributed by atoms with E-state index >= 15 is 0 Å². The maximum atomic E-state index is 12.8. The van der Waals surface area contributed by atoms with Gasteiger partial charge in [-0.05, 0) is 38.0 Å². The van der Waals surface area contributed by atoms with E-state index < -0.39 is 17.6 Å². The van der Waals surface area contributed by atoms with E-state index in [1.165, 1.54) is 6.07 Å². The molecule has 132 valence electrons. The summed E-state index contributed by atoms with van der Waals surface area (Å²) in [5.41, 5.74) is 4.75. The number of ether oxygens (including phenoxy) is 1. The quantitative estimate of drug-likeness (QED) is 0.778. The van der Waals surface area contributed by atoms with Crippen LogP contribution in [0.15, 0.2) is 18.2 Å². The molecule has 3 N–H and O–H groups in total. The van der Waals surface area contributed by atoms with Crippen LogP contribution < -0.4 is 15.8 Å². The van der Waals surface area contributed by atoms with E-state index in [0.29, 0.717) is 19.4 Å². The summed E-state index contributed by atoms with van der Waals surface area (Å²) in [7, 11) is 0. The van der Waals surface area contributed by atoms with Gasteiger partial charge in [-0.2, -0.15) is 13.2 Å². The van der Waals surface area contributed by atoms with Crippen LogP contribution in [0.2, 0.25) is 0 Å². The highest BCUT2D eigenvalue weighted by molar-refractivity contribution is 5.92. The third kappa shape index (κ3) is 7.56. The summed E-state index contributed by atoms with van der Waals surface area (Å²) >= 11 is 0. The Morgan fingerprint density at radius 2 is 2.04 bits per heavy atom. The Balaban J connectivity index is 0.00000484. The number of anilines is 1. The zero-order valence-electron chi connectivity index (χ0n) is 13.1. The van der Waals surface area contributed by atoms with Gasteiger partial charge in [-0.1, -0.05) is 6.92 Å². The topological polar surface area (TPSA) is 64.3 Å². The predicted molar refractivity (Wildman–Crippen MR) is 86.0 cm³/mol. The summed E-state index contributed by atoms with van der Waals surface area (Å²) in [4.78, 5) is 11.8. The molecule has 0 spiro atoms. The molecule has 0 bridgehead atoms. The van der Waals surface area contributed by atoms with Gasteiger partial charge in [0.15, 0.2) is 0 Å². The Kier molecular flexibility index (Phi) is 9.01. The molecule has 0 saturated carbocycles. The van der Waals surface area contributed by atoms with Crippen LogP contribution >= 0.6 is 12.4 Å². The first-order chi connectivity index (χ1) is 10.2. The highest BCUT2D eigenvalue weighted by atomic mass is 35.5. The molecule has 1 amide bonds. The molecule has 0 heterocycles. The fourth-order valence-electron chi connectivity index (χ4n) is 1.71. The molecule has 1 aromatic rings. The number of hydrogen-bond donors (Lipinski definition) is 2. The summed E-state index contributed by atoms with van der Waals surface area (Å²) in [5.74, 6) is -0.165. The molecule has 0 fully saturated rings. The average molecular weight is 355 g/mol. The van der Waals surface area contributed by atoms with Crippen LogP contribution in [-0.4, -0.2) is 18.6 Å². The Morgan fingerprint density at radius 3 is 2.57 bits per heavy atom. The van der Waals surface area contributed by atoms with Crippen LogP contribution in [0.1, 0.15) is 38.7 Å². The maximum Gasteiger partial charge on any atom is 0.416 e. The molecule has 23 heavy (non-hydrogen) atoms. The van der Waals surface area contributed by atoms with Crippen molar-refractivity contribution in [2.45, 2.75) is 45.3 Å². The summed E-state index contributed by atoms with van der Waals surface area (Å²) in [5, 5.41) is 2.47. The molecular formula is C15H22ClF3N2O2. The van der Waals surface area contributed by atoms with Crippen LogP contribution in [0.25, 0.3) is 0 Å². The molecule has 1 rings (SSSR count). The van der Waals surface area contributed by atoms with Crippen molar-refractivity contribution in [3.63, 3.8) is 0 Å². The molecule has 0 aromatic heterocycles. The van der Waals surface area contributed by atoms with Crippen molar-refractivity contribution in [1.29, 1.82) is 0 Å². The number of hydrogen-bond acceptors (Lipinski definition) is 3. The second-order valence-electron chi connectivity index (χ2n) is 5.12. The second kappa shape index (κ2) is 9.62. The first-order valence-electron chi connectivity index (χ1n) is 7.13. The molecule has 0 aliphatic rings. The van der Waals surface area contributed by atoms with Crippen LogP contribution in [-0.2, 0) is 11.0 Å². The van der Waals surface area contributed by atoms with Crippen LogP contribution in [0.4, 0.5) is 18.9 Å². The number of nitrogens with two attached hydrogens (primary N) is 1. The van der Waals surface area contributed by atoms with Crippen LogP contribution in [0.3, 0.4) is 0 Å². The maximum absolute atomic E-state index is 12.8. The minimum Gasteiger partial charge on any atom is -0.491 e. The van der Waals surface area contributed by atoms with E-state index in [9.17, 15) is 18.0 Å². The third-order valence-electron chi connectivity index (χ3n) is 2.87. The van der Waals surface area contributed by atoms with Crippen molar-refractivity contribution in [1.82, 2.24) is 0 Å². The molecule has 1 atom stereocenters. The minimum absolute atomic E-state index is 0. The number of rotatable bonds is 7. The normalized spacial score (nSPS) is 12.3. The smallest absolute Gasteiger partial charge is 0.416 e. The molecular weight excluding hydrogens is 333 g/mol. The fraction of sp³-hybridized carbons (Fsp3) is 0.533. The van der Waals surface area contributed by atoms with Gasteiger partial charge in [-0.15, -0.1) is 12.4 Å². The van der Waals surface area contributed by atoms with Gasteiger partial charge in [-0.25, -0.2) is 0 Å². The van der Waals surface area contributed by atoms with Gasteiger partial charge < -0.3 is 15.8 Å². The van der Waals surface area contributed by atoms with Gasteiger partial charge in [0, 0.05) is 12.5 Å². The molecule has 0 aliphatic carbocycles. The molecule has 0 radical (unpaired) electrons. The lowest BCUT2D eigenvalue weighted by molar-refractivity contribution is -0.137. The van der Waals surface area contributed by atoms with E-state index in [2.05, 4.69) is 5.32 Å². The molecule has 4 nitrogen and oxygen atoms in total. The van der Waals surface area contributed by atoms with Gasteiger partial charge in [-0.3, -0.25) is 4.79 Å². The van der Waals surface area contributed by atoms with Crippen molar-refractivity contribution in [3.8, 4) is 5.75 Å². The molecule has 1 unspecified atom stereocenters. The average Bonchev–Trinajstić information content (AvgIpc) is 2.42. The highest BCUT2D eigenvalue weighted by Gasteiger charge is 2.31. The number of alkyl halides is 3. The number of carbonyl (C=O) groups excluding carboxylic acids is 1. The lowest BCUT2D eigenvalue weighted by Crippen LogP contribution is -2.20. The minimum atomic E-state index is -4.48. The Labute approximate surface area is 140 Å². The number of nitrogens with one attached hydrogen (secondary N) is 1. The van der Waals surface area contributed by atoms with E-state index in [0.717, 1.165) is 12.1 Å². The Hall–Kier alpha value is -1.47. The van der Waals surface area contributed by atoms with Crippen molar-refractivity contribution in [2.24, 2.45) is 5.73 Å². The Morgan fingerprint density at radius 1 is 1.39 bits per heavy atom. The van der Waals surface area contributed by atoms with Crippen molar-refractivity contribution < 1.29 is 22.7 Å². The first kappa shape index (κ1) is 21.5. The number of benzene rings is 1. The van der Waals surface area contributed by atoms with E-state index in [1.54, 1.807) is 6.92 Å². The van der Waals surface area contributed by atoms with Crippen molar-refractivity contribution in [2.75, 3.05) is 11.9 Å². The van der Waals surface area contributed by atoms with Gasteiger partial charge in [0.05, 0.1) is 17.9 Å². The lowest BCUT2D eigenvalue weighted by Gasteiger charge is -2.15. The van der Waals surface area contributed by atoms with Crippen molar-refractivity contribution >= 4 is 24.0 Å². The lowest BCUT2D eigenvalue weighted by atomic mass is 10.1. The number of amides is 1. The number of halogens is 4. The summed E-state index contributed by atoms with van der Waals surface area (Å²) in [6, 6.07) is 2.89. The molecule has 1 aromatic carbocycles. The summed E-state index contributed by atoms with van der Waals surface area (Å²) < 4.78 is 43.7. The molecule has 0 aliphatic heterocycles. The van der Waals surface area contributed by atoms with E-state index in [-0.39, 0.29) is 36.3 Å². The Bertz CT molecular complexity index is 508. The standard InChI is InChI=1S/C15H21F3N2O2.ClH/c1-3-8-22-13-6-5-11(15(16,17)18)9-12(13)20-14(21)7-4-10(2)19;/h5-6,9-10H,3-4,7-8,19H2,1-2H3,(H,20,21);1H. The zero-order valence-corrected chi connectivity index (χ0v) is 13.9. The van der Waals surface area contributed by atoms with Crippen molar-refractivity contribution in [3.05, 3.63) is 23.8 Å². The second-order valence-corrected chi connectivity index (χ2v) is 5.12. The predicted octanol–water partition coefficient (Wildman–Crippen LogP) is 3.98. The van der Waals surface area contributed by atoms with Gasteiger partial charge in [0.1, 0.15) is 5.75 Å². The largest absolute Gasteiger partial charge is 0.491 e. The summed E-state index contributed by atoms with van der Waals surface area (Å²) in [6.07, 6.45) is -3.18. The fourth-order valence-corrected chi connectivity index (χ4v) is 1.71. The van der Waals surface area contributed by atoms with Crippen LogP contribution in [0.5, 0.6) is 5.75 Å². The summed E-state index contributed by atoms with van der Waals surface area (Å²) in [6.45, 7) is 3.99. The third-order valence-corrected chi connectivity index (χ3v) is 2.87. The van der Waals surface area contributed by atoms with E-state index in [4.69, 9.17) is 10.5 Å². The van der Waals surface area contributed by atoms with Gasteiger partial charge in [0.2, 0.25) is 5.91 Å². The zero-order chi connectivity index (χ0) is 16.8. The number of carbonyl (C=O) groups is 1. The first-order valence-corrected chi connectivity index (χ1v) is 7.13. The highest BCUT2D eigenvalue weighted by Crippen LogP contribution is 2.35. The van der Waals surface area contributed by atoms with E-state index in [1.807, 2.05) is 6.92 Å². The molecule has 8 heteroatoms. The SMILES string of the molecule is CCCOc1ccc(C(F)(F)F)cc1NC(=O)CCC(C)N.Cl.